The van der Waals surface area contributed by atoms with E-state index in [4.69, 9.17) is 0 Å². The van der Waals surface area contributed by atoms with E-state index < -0.39 is 0 Å². The summed E-state index contributed by atoms with van der Waals surface area (Å²) in [6.07, 6.45) is 3.85. The van der Waals surface area contributed by atoms with E-state index in [-0.39, 0.29) is 5.91 Å². The summed E-state index contributed by atoms with van der Waals surface area (Å²) in [5.41, 5.74) is 2.28. The van der Waals surface area contributed by atoms with Crippen molar-refractivity contribution in [2.24, 2.45) is 0 Å². The molecule has 0 aliphatic rings. The summed E-state index contributed by atoms with van der Waals surface area (Å²) in [6.45, 7) is 0. The monoisotopic (exact) mass is 271 g/mol. The van der Waals surface area contributed by atoms with Crippen LogP contribution in [0.15, 0.2) is 0 Å². The van der Waals surface area contributed by atoms with Crippen LogP contribution in [0.3, 0.4) is 0 Å². The first kappa shape index (κ1) is 11.2. The molecule has 0 aromatic carbocycles. The molecule has 0 aromatic heterocycles. The highest BCUT2D eigenvalue weighted by molar-refractivity contribution is 14.1. The minimum Gasteiger partial charge on any atom is -0.277 e. The fourth-order valence-corrected chi connectivity index (χ4v) is 1.26. The fraction of sp³-hybridized carbons (Fsp3) is 0.857. The van der Waals surface area contributed by atoms with Gasteiger partial charge in [-0.1, -0.05) is 29.0 Å². The van der Waals surface area contributed by atoms with E-state index in [1.807, 2.05) is 0 Å². The molecular formula is C7H14INO2. The van der Waals surface area contributed by atoms with E-state index in [1.54, 1.807) is 0 Å². The molecule has 0 unspecified atom stereocenters. The highest BCUT2D eigenvalue weighted by Crippen LogP contribution is 2.01. The van der Waals surface area contributed by atoms with E-state index in [2.05, 4.69) is 32.9 Å². The molecule has 3 nitrogen and oxygen atoms in total. The van der Waals surface area contributed by atoms with E-state index in [9.17, 15) is 4.79 Å². The lowest BCUT2D eigenvalue weighted by Crippen LogP contribution is -2.21. The van der Waals surface area contributed by atoms with Gasteiger partial charge in [0.1, 0.15) is 0 Å². The molecule has 0 saturated carbocycles. The third-order valence-electron chi connectivity index (χ3n) is 1.25. The van der Waals surface area contributed by atoms with Crippen LogP contribution in [0.2, 0.25) is 0 Å². The van der Waals surface area contributed by atoms with Crippen LogP contribution in [0.1, 0.15) is 25.7 Å². The van der Waals surface area contributed by atoms with Crippen molar-refractivity contribution in [2.75, 3.05) is 11.5 Å². The standard InChI is InChI=1S/C7H14INO2/c1-11-9-7(10)5-3-2-4-6-8/h2-6H2,1H3,(H,9,10). The van der Waals surface area contributed by atoms with Crippen LogP contribution in [0.5, 0.6) is 0 Å². The van der Waals surface area contributed by atoms with E-state index in [0.29, 0.717) is 6.42 Å². The fourth-order valence-electron chi connectivity index (χ4n) is 0.722. The second kappa shape index (κ2) is 8.26. The molecule has 0 rings (SSSR count). The zero-order valence-corrected chi connectivity index (χ0v) is 8.89. The maximum Gasteiger partial charge on any atom is 0.243 e. The van der Waals surface area contributed by atoms with Gasteiger partial charge in [0.25, 0.3) is 0 Å². The molecular weight excluding hydrogens is 257 g/mol. The van der Waals surface area contributed by atoms with Gasteiger partial charge in [-0.15, -0.1) is 0 Å². The number of carbonyl (C=O) groups is 1. The van der Waals surface area contributed by atoms with Crippen molar-refractivity contribution in [1.82, 2.24) is 5.48 Å². The Bertz CT molecular complexity index is 109. The highest BCUT2D eigenvalue weighted by atomic mass is 127. The topological polar surface area (TPSA) is 38.3 Å². The summed E-state index contributed by atoms with van der Waals surface area (Å²) in [4.78, 5) is 15.2. The third-order valence-corrected chi connectivity index (χ3v) is 2.02. The number of nitrogens with one attached hydrogen (secondary N) is 1. The van der Waals surface area contributed by atoms with Crippen molar-refractivity contribution >= 4 is 28.5 Å². The summed E-state index contributed by atoms with van der Waals surface area (Å²) in [7, 11) is 1.45. The minimum absolute atomic E-state index is 0.0269. The number of hydroxylamine groups is 1. The number of amides is 1. The molecule has 1 amide bonds. The molecule has 66 valence electrons. The smallest absolute Gasteiger partial charge is 0.243 e. The van der Waals surface area contributed by atoms with Crippen molar-refractivity contribution in [3.05, 3.63) is 0 Å². The Hall–Kier alpha value is 0.160. The summed E-state index contributed by atoms with van der Waals surface area (Å²) in [6, 6.07) is 0. The second-order valence-electron chi connectivity index (χ2n) is 2.23. The van der Waals surface area contributed by atoms with Crippen LogP contribution >= 0.6 is 22.6 Å². The van der Waals surface area contributed by atoms with Gasteiger partial charge in [-0.3, -0.25) is 9.63 Å². The normalized spacial score (nSPS) is 9.64. The average molecular weight is 271 g/mol. The van der Waals surface area contributed by atoms with Crippen molar-refractivity contribution in [2.45, 2.75) is 25.7 Å². The number of alkyl halides is 1. The van der Waals surface area contributed by atoms with Gasteiger partial charge in [0.15, 0.2) is 0 Å². The van der Waals surface area contributed by atoms with Crippen LogP contribution in [0.25, 0.3) is 0 Å². The van der Waals surface area contributed by atoms with Gasteiger partial charge in [0, 0.05) is 6.42 Å². The van der Waals surface area contributed by atoms with Gasteiger partial charge in [-0.25, -0.2) is 5.48 Å². The maximum absolute atomic E-state index is 10.8. The van der Waals surface area contributed by atoms with Gasteiger partial charge in [-0.2, -0.15) is 0 Å². The molecule has 0 fully saturated rings. The molecule has 0 bridgehead atoms. The van der Waals surface area contributed by atoms with Gasteiger partial charge >= 0.3 is 0 Å². The zero-order chi connectivity index (χ0) is 8.53. The molecule has 11 heavy (non-hydrogen) atoms. The minimum atomic E-state index is -0.0269. The first-order valence-corrected chi connectivity index (χ1v) is 5.21. The molecule has 0 spiro atoms. The summed E-state index contributed by atoms with van der Waals surface area (Å²) >= 11 is 2.34. The van der Waals surface area contributed by atoms with E-state index in [0.717, 1.165) is 12.8 Å². The van der Waals surface area contributed by atoms with Crippen molar-refractivity contribution in [1.29, 1.82) is 0 Å². The maximum atomic E-state index is 10.8. The lowest BCUT2D eigenvalue weighted by atomic mass is 10.2. The largest absolute Gasteiger partial charge is 0.277 e. The quantitative estimate of drug-likeness (QED) is 0.345. The Morgan fingerprint density at radius 3 is 2.73 bits per heavy atom. The van der Waals surface area contributed by atoms with Gasteiger partial charge < -0.3 is 0 Å². The van der Waals surface area contributed by atoms with Crippen LogP contribution < -0.4 is 5.48 Å². The first-order chi connectivity index (χ1) is 5.31. The SMILES string of the molecule is CONC(=O)CCCCCI. The zero-order valence-electron chi connectivity index (χ0n) is 6.73. The molecule has 4 heteroatoms. The van der Waals surface area contributed by atoms with Crippen LogP contribution in [-0.4, -0.2) is 17.4 Å². The first-order valence-electron chi connectivity index (χ1n) is 3.69. The average Bonchev–Trinajstić information content (AvgIpc) is 1.99. The van der Waals surface area contributed by atoms with Gasteiger partial charge in [0.2, 0.25) is 5.91 Å². The number of carbonyl (C=O) groups excluding carboxylic acids is 1. The number of unbranched alkanes of at least 4 members (excludes halogenated alkanes) is 2. The molecule has 0 aromatic rings. The molecule has 0 atom stereocenters. The number of rotatable bonds is 6. The molecule has 0 heterocycles. The summed E-state index contributed by atoms with van der Waals surface area (Å²) in [5, 5.41) is 0. The molecule has 0 saturated heterocycles. The molecule has 1 N–H and O–H groups in total. The number of hydrogen-bond acceptors (Lipinski definition) is 2. The Morgan fingerprint density at radius 1 is 1.45 bits per heavy atom. The van der Waals surface area contributed by atoms with Crippen LogP contribution in [0, 0.1) is 0 Å². The predicted octanol–water partition coefficient (Wildman–Crippen LogP) is 1.66. The van der Waals surface area contributed by atoms with Gasteiger partial charge in [0.05, 0.1) is 7.11 Å². The van der Waals surface area contributed by atoms with Crippen molar-refractivity contribution in [3.8, 4) is 0 Å². The number of halogens is 1. The molecule has 0 aliphatic heterocycles. The lowest BCUT2D eigenvalue weighted by molar-refractivity contribution is -0.131. The second-order valence-corrected chi connectivity index (χ2v) is 3.31. The predicted molar refractivity (Wildman–Crippen MR) is 52.5 cm³/mol. The number of hydrogen-bond donors (Lipinski definition) is 1. The Labute approximate surface area is 81.0 Å². The third kappa shape index (κ3) is 8.06. The Morgan fingerprint density at radius 2 is 2.18 bits per heavy atom. The van der Waals surface area contributed by atoms with E-state index >= 15 is 0 Å². The van der Waals surface area contributed by atoms with Crippen molar-refractivity contribution < 1.29 is 9.63 Å². The van der Waals surface area contributed by atoms with Crippen molar-refractivity contribution in [3.63, 3.8) is 0 Å². The highest BCUT2D eigenvalue weighted by Gasteiger charge is 1.97. The van der Waals surface area contributed by atoms with Crippen LogP contribution in [-0.2, 0) is 9.63 Å². The van der Waals surface area contributed by atoms with E-state index in [1.165, 1.54) is 18.0 Å². The summed E-state index contributed by atoms with van der Waals surface area (Å²) in [5.74, 6) is -0.0269. The molecule has 0 radical (unpaired) electrons. The molecule has 0 aliphatic carbocycles. The lowest BCUT2D eigenvalue weighted by Gasteiger charge is -2.00. The Kier molecular flexibility index (Phi) is 8.38. The van der Waals surface area contributed by atoms with Crippen LogP contribution in [0.4, 0.5) is 0 Å². The summed E-state index contributed by atoms with van der Waals surface area (Å²) < 4.78 is 1.17. The Balaban J connectivity index is 3.04. The van der Waals surface area contributed by atoms with Gasteiger partial charge in [-0.05, 0) is 17.3 Å².